The Bertz CT molecular complexity index is 198. The number of rotatable bonds is 3. The van der Waals surface area contributed by atoms with Crippen molar-refractivity contribution in [1.82, 2.24) is 5.43 Å². The molecule has 0 radical (unpaired) electrons. The van der Waals surface area contributed by atoms with Gasteiger partial charge >= 0.3 is 0 Å². The Kier molecular flexibility index (Phi) is 2.93. The van der Waals surface area contributed by atoms with Gasteiger partial charge in [0, 0.05) is 0 Å². The molecule has 0 unspecified atom stereocenters. The van der Waals surface area contributed by atoms with E-state index in [4.69, 9.17) is 0 Å². The van der Waals surface area contributed by atoms with E-state index in [1.165, 1.54) is 5.57 Å². The summed E-state index contributed by atoms with van der Waals surface area (Å²) in [6.45, 7) is 4.83. The number of hydrogen-bond donors (Lipinski definition) is 1. The third-order valence-electron chi connectivity index (χ3n) is 1.50. The molecular weight excluding hydrogens is 136 g/mol. The van der Waals surface area contributed by atoms with Crippen molar-refractivity contribution in [3.63, 3.8) is 0 Å². The van der Waals surface area contributed by atoms with Crippen molar-refractivity contribution in [2.24, 2.45) is 0 Å². The SMILES string of the molecule is CC[N-]NC(C)=C1C=CC=C1. The van der Waals surface area contributed by atoms with Crippen molar-refractivity contribution < 1.29 is 0 Å². The van der Waals surface area contributed by atoms with Gasteiger partial charge in [0.25, 0.3) is 0 Å². The zero-order chi connectivity index (χ0) is 8.10. The Balaban J connectivity index is 2.50. The molecule has 0 spiro atoms. The van der Waals surface area contributed by atoms with Crippen molar-refractivity contribution in [1.29, 1.82) is 0 Å². The minimum atomic E-state index is 0.804. The highest BCUT2D eigenvalue weighted by Gasteiger charge is 1.93. The third-order valence-corrected chi connectivity index (χ3v) is 1.50. The second kappa shape index (κ2) is 3.98. The molecule has 0 aromatic rings. The molecule has 11 heavy (non-hydrogen) atoms. The molecule has 0 aromatic heterocycles. The van der Waals surface area contributed by atoms with Crippen molar-refractivity contribution in [2.75, 3.05) is 6.54 Å². The lowest BCUT2D eigenvalue weighted by atomic mass is 10.2. The van der Waals surface area contributed by atoms with Crippen LogP contribution in [0.1, 0.15) is 13.8 Å². The highest BCUT2D eigenvalue weighted by atomic mass is 15.3. The third kappa shape index (κ3) is 2.24. The first kappa shape index (κ1) is 8.08. The lowest BCUT2D eigenvalue weighted by molar-refractivity contribution is 0.936. The molecule has 2 nitrogen and oxygen atoms in total. The standard InChI is InChI=1S/C9H13N2/c1-3-10-11-8(2)9-6-4-5-7-9/h4-7,11H,3H2,1-2H3/q-1. The zero-order valence-corrected chi connectivity index (χ0v) is 6.96. The molecule has 0 aliphatic heterocycles. The van der Waals surface area contributed by atoms with Gasteiger partial charge in [-0.3, -0.25) is 0 Å². The topological polar surface area (TPSA) is 26.1 Å². The van der Waals surface area contributed by atoms with Gasteiger partial charge in [-0.25, -0.2) is 0 Å². The summed E-state index contributed by atoms with van der Waals surface area (Å²) < 4.78 is 0. The summed E-state index contributed by atoms with van der Waals surface area (Å²) in [6, 6.07) is 0. The molecule has 1 N–H and O–H groups in total. The van der Waals surface area contributed by atoms with E-state index in [-0.39, 0.29) is 0 Å². The minimum absolute atomic E-state index is 0.804. The lowest BCUT2D eigenvalue weighted by Crippen LogP contribution is -2.06. The van der Waals surface area contributed by atoms with Crippen LogP contribution >= 0.6 is 0 Å². The molecule has 60 valence electrons. The fourth-order valence-corrected chi connectivity index (χ4v) is 0.886. The van der Waals surface area contributed by atoms with Crippen LogP contribution < -0.4 is 5.43 Å². The van der Waals surface area contributed by atoms with Gasteiger partial charge in [0.2, 0.25) is 0 Å². The van der Waals surface area contributed by atoms with E-state index < -0.39 is 0 Å². The summed E-state index contributed by atoms with van der Waals surface area (Å²) in [5.74, 6) is 0. The number of allylic oxidation sites excluding steroid dienone is 6. The Labute approximate surface area is 67.7 Å². The molecular formula is C9H13N2-. The van der Waals surface area contributed by atoms with Crippen LogP contribution in [0.3, 0.4) is 0 Å². The van der Waals surface area contributed by atoms with E-state index in [2.05, 4.69) is 23.0 Å². The van der Waals surface area contributed by atoms with E-state index >= 15 is 0 Å². The molecule has 0 amide bonds. The maximum Gasteiger partial charge on any atom is -0.00209 e. The van der Waals surface area contributed by atoms with Crippen LogP contribution in [-0.4, -0.2) is 6.54 Å². The zero-order valence-electron chi connectivity index (χ0n) is 6.96. The highest BCUT2D eigenvalue weighted by molar-refractivity contribution is 5.42. The Hall–Kier alpha value is -1.02. The molecule has 0 atom stereocenters. The van der Waals surface area contributed by atoms with Gasteiger partial charge in [-0.15, -0.1) is 6.54 Å². The van der Waals surface area contributed by atoms with Crippen LogP contribution in [0, 0.1) is 0 Å². The fraction of sp³-hybridized carbons (Fsp3) is 0.333. The van der Waals surface area contributed by atoms with Crippen LogP contribution in [0.5, 0.6) is 0 Å². The predicted molar refractivity (Wildman–Crippen MR) is 48.0 cm³/mol. The van der Waals surface area contributed by atoms with Gasteiger partial charge in [-0.1, -0.05) is 31.2 Å². The first-order valence-corrected chi connectivity index (χ1v) is 3.82. The Morgan fingerprint density at radius 2 is 2.09 bits per heavy atom. The minimum Gasteiger partial charge on any atom is -0.571 e. The lowest BCUT2D eigenvalue weighted by Gasteiger charge is -2.21. The summed E-state index contributed by atoms with van der Waals surface area (Å²) >= 11 is 0. The van der Waals surface area contributed by atoms with Gasteiger partial charge in [0.15, 0.2) is 0 Å². The van der Waals surface area contributed by atoms with E-state index in [0.717, 1.165) is 12.2 Å². The summed E-state index contributed by atoms with van der Waals surface area (Å²) in [4.78, 5) is 0. The summed E-state index contributed by atoms with van der Waals surface area (Å²) in [7, 11) is 0. The highest BCUT2D eigenvalue weighted by Crippen LogP contribution is 2.11. The summed E-state index contributed by atoms with van der Waals surface area (Å²) in [5, 5.41) is 0. The van der Waals surface area contributed by atoms with Gasteiger partial charge < -0.3 is 10.9 Å². The molecule has 1 aliphatic rings. The molecule has 0 heterocycles. The van der Waals surface area contributed by atoms with Crippen LogP contribution in [0.2, 0.25) is 0 Å². The van der Waals surface area contributed by atoms with Crippen molar-refractivity contribution in [3.05, 3.63) is 41.0 Å². The summed E-state index contributed by atoms with van der Waals surface area (Å²) in [6.07, 6.45) is 8.17. The first-order valence-electron chi connectivity index (χ1n) is 3.82. The largest absolute Gasteiger partial charge is 0.571 e. The van der Waals surface area contributed by atoms with Gasteiger partial charge in [-0.05, 0) is 18.2 Å². The molecule has 1 aliphatic carbocycles. The molecule has 0 saturated heterocycles. The van der Waals surface area contributed by atoms with Gasteiger partial charge in [0.1, 0.15) is 0 Å². The maximum absolute atomic E-state index is 4.04. The average Bonchev–Trinajstić information content (AvgIpc) is 2.52. The fourth-order valence-electron chi connectivity index (χ4n) is 0.886. The molecule has 2 heteroatoms. The number of nitrogens with one attached hydrogen (secondary N) is 1. The Morgan fingerprint density at radius 1 is 1.45 bits per heavy atom. The van der Waals surface area contributed by atoms with Gasteiger partial charge in [-0.2, -0.15) is 0 Å². The van der Waals surface area contributed by atoms with Crippen molar-refractivity contribution in [3.8, 4) is 0 Å². The second-order valence-electron chi connectivity index (χ2n) is 2.38. The molecule has 0 saturated carbocycles. The molecule has 0 aromatic carbocycles. The molecule has 1 rings (SSSR count). The number of nitrogens with zero attached hydrogens (tertiary/aromatic N) is 1. The van der Waals surface area contributed by atoms with Crippen molar-refractivity contribution in [2.45, 2.75) is 13.8 Å². The number of hydrogen-bond acceptors (Lipinski definition) is 1. The molecule has 0 fully saturated rings. The normalized spacial score (nSPS) is 14.2. The monoisotopic (exact) mass is 149 g/mol. The smallest absolute Gasteiger partial charge is 0.00209 e. The maximum atomic E-state index is 4.04. The first-order chi connectivity index (χ1) is 5.34. The quantitative estimate of drug-likeness (QED) is 0.612. The van der Waals surface area contributed by atoms with E-state index in [1.54, 1.807) is 0 Å². The van der Waals surface area contributed by atoms with E-state index in [9.17, 15) is 0 Å². The van der Waals surface area contributed by atoms with Crippen molar-refractivity contribution >= 4 is 0 Å². The Morgan fingerprint density at radius 3 is 2.64 bits per heavy atom. The average molecular weight is 149 g/mol. The van der Waals surface area contributed by atoms with Crippen LogP contribution in [-0.2, 0) is 0 Å². The van der Waals surface area contributed by atoms with Crippen LogP contribution in [0.25, 0.3) is 5.43 Å². The summed E-state index contributed by atoms with van der Waals surface area (Å²) in [5.41, 5.74) is 9.34. The van der Waals surface area contributed by atoms with Crippen LogP contribution in [0.15, 0.2) is 35.6 Å². The van der Waals surface area contributed by atoms with E-state index in [1.807, 2.05) is 26.0 Å². The predicted octanol–water partition coefficient (Wildman–Crippen LogP) is 2.28. The second-order valence-corrected chi connectivity index (χ2v) is 2.38. The van der Waals surface area contributed by atoms with Crippen LogP contribution in [0.4, 0.5) is 0 Å². The van der Waals surface area contributed by atoms with E-state index in [0.29, 0.717) is 0 Å². The molecule has 0 bridgehead atoms. The van der Waals surface area contributed by atoms with Gasteiger partial charge in [0.05, 0.1) is 0 Å².